The number of epoxide rings is 2. The number of rotatable bonds is 8. The van der Waals surface area contributed by atoms with Gasteiger partial charge in [0.25, 0.3) is 0 Å². The largest absolute Gasteiger partial charge is 0.378 e. The lowest BCUT2D eigenvalue weighted by molar-refractivity contribution is 0.0418. The van der Waals surface area contributed by atoms with Gasteiger partial charge in [0.2, 0.25) is 0 Å². The molecule has 0 spiro atoms. The van der Waals surface area contributed by atoms with Gasteiger partial charge >= 0.3 is 0 Å². The molecule has 4 saturated heterocycles. The Hall–Kier alpha value is -0.200. The van der Waals surface area contributed by atoms with Crippen molar-refractivity contribution in [2.24, 2.45) is 0 Å². The molecule has 4 atom stereocenters. The van der Waals surface area contributed by atoms with Gasteiger partial charge < -0.3 is 23.7 Å². The smallest absolute Gasteiger partial charge is 0.147 e. The SMILES string of the molecule is C(CC1CO1)CC1CO1.C1COC(CCCC2COCO2)C1. The Balaban J connectivity index is 0.000000139. The molecule has 5 nitrogen and oxygen atoms in total. The second kappa shape index (κ2) is 9.18. The predicted octanol–water partition coefficient (Wildman–Crippen LogP) is 2.66. The molecule has 4 aliphatic heterocycles. The second-order valence-corrected chi connectivity index (χ2v) is 6.68. The standard InChI is InChI=1S/C10H18O3.C7H12O2/c1(3-9-5-2-6-12-9)4-10-7-11-8-13-10;1(2-6-4-8-6)3-7-5-9-7/h9-10H,1-8H2;6-7H,1-5H2. The molecular weight excluding hydrogens is 284 g/mol. The van der Waals surface area contributed by atoms with Gasteiger partial charge in [0, 0.05) is 6.61 Å². The zero-order chi connectivity index (χ0) is 15.0. The van der Waals surface area contributed by atoms with E-state index in [0.29, 0.717) is 31.2 Å². The lowest BCUT2D eigenvalue weighted by atomic mass is 10.1. The van der Waals surface area contributed by atoms with E-state index in [1.54, 1.807) is 0 Å². The molecule has 0 radical (unpaired) electrons. The maximum Gasteiger partial charge on any atom is 0.147 e. The quantitative estimate of drug-likeness (QED) is 0.645. The van der Waals surface area contributed by atoms with Crippen LogP contribution in [0.25, 0.3) is 0 Å². The summed E-state index contributed by atoms with van der Waals surface area (Å²) in [6.07, 6.45) is 11.9. The molecule has 0 N–H and O–H groups in total. The summed E-state index contributed by atoms with van der Waals surface area (Å²) in [6.45, 7) is 4.25. The number of hydrogen-bond acceptors (Lipinski definition) is 5. The fourth-order valence-corrected chi connectivity index (χ4v) is 3.03. The topological polar surface area (TPSA) is 52.8 Å². The first-order chi connectivity index (χ1) is 10.9. The van der Waals surface area contributed by atoms with Crippen LogP contribution in [0, 0.1) is 0 Å². The summed E-state index contributed by atoms with van der Waals surface area (Å²) in [5.41, 5.74) is 0. The molecule has 0 amide bonds. The van der Waals surface area contributed by atoms with E-state index in [1.165, 1.54) is 44.9 Å². The Morgan fingerprint density at radius 3 is 1.68 bits per heavy atom. The van der Waals surface area contributed by atoms with Gasteiger partial charge in [0.1, 0.15) is 6.79 Å². The molecular formula is C17H30O5. The van der Waals surface area contributed by atoms with Crippen molar-refractivity contribution in [2.45, 2.75) is 75.8 Å². The Kier molecular flexibility index (Phi) is 6.95. The highest BCUT2D eigenvalue weighted by molar-refractivity contribution is 4.73. The second-order valence-electron chi connectivity index (χ2n) is 6.68. The zero-order valence-corrected chi connectivity index (χ0v) is 13.5. The van der Waals surface area contributed by atoms with E-state index in [1.807, 2.05) is 0 Å². The van der Waals surface area contributed by atoms with Crippen LogP contribution in [-0.2, 0) is 23.7 Å². The minimum absolute atomic E-state index is 0.349. The van der Waals surface area contributed by atoms with Crippen molar-refractivity contribution in [1.29, 1.82) is 0 Å². The number of hydrogen-bond donors (Lipinski definition) is 0. The third kappa shape index (κ3) is 6.92. The molecule has 0 aromatic carbocycles. The molecule has 4 aliphatic rings. The van der Waals surface area contributed by atoms with Crippen LogP contribution in [-0.4, -0.2) is 57.6 Å². The van der Waals surface area contributed by atoms with Gasteiger partial charge in [-0.3, -0.25) is 0 Å². The van der Waals surface area contributed by atoms with E-state index in [2.05, 4.69) is 0 Å². The average Bonchev–Trinajstić information content (AvgIpc) is 3.42. The highest BCUT2D eigenvalue weighted by atomic mass is 16.7. The lowest BCUT2D eigenvalue weighted by Gasteiger charge is -2.10. The molecule has 4 heterocycles. The monoisotopic (exact) mass is 314 g/mol. The third-order valence-electron chi connectivity index (χ3n) is 4.62. The van der Waals surface area contributed by atoms with Gasteiger partial charge in [-0.2, -0.15) is 0 Å². The number of ether oxygens (including phenoxy) is 5. The van der Waals surface area contributed by atoms with Gasteiger partial charge in [-0.1, -0.05) is 0 Å². The molecule has 22 heavy (non-hydrogen) atoms. The van der Waals surface area contributed by atoms with Crippen molar-refractivity contribution >= 4 is 0 Å². The highest BCUT2D eigenvalue weighted by Gasteiger charge is 2.25. The maximum absolute atomic E-state index is 5.55. The van der Waals surface area contributed by atoms with E-state index in [9.17, 15) is 0 Å². The van der Waals surface area contributed by atoms with Gasteiger partial charge in [0.05, 0.1) is 44.2 Å². The first-order valence-corrected chi connectivity index (χ1v) is 8.94. The fourth-order valence-electron chi connectivity index (χ4n) is 3.03. The summed E-state index contributed by atoms with van der Waals surface area (Å²) in [5.74, 6) is 0. The van der Waals surface area contributed by atoms with E-state index < -0.39 is 0 Å². The van der Waals surface area contributed by atoms with Crippen molar-refractivity contribution in [2.75, 3.05) is 33.2 Å². The van der Waals surface area contributed by atoms with Crippen molar-refractivity contribution in [3.63, 3.8) is 0 Å². The summed E-state index contributed by atoms with van der Waals surface area (Å²) in [6, 6.07) is 0. The van der Waals surface area contributed by atoms with Crippen molar-refractivity contribution in [3.05, 3.63) is 0 Å². The molecule has 0 aromatic heterocycles. The summed E-state index contributed by atoms with van der Waals surface area (Å²) in [7, 11) is 0. The minimum Gasteiger partial charge on any atom is -0.378 e. The van der Waals surface area contributed by atoms with Gasteiger partial charge in [-0.15, -0.1) is 0 Å². The molecule has 0 saturated carbocycles. The Labute approximate surface area is 133 Å². The molecule has 5 heteroatoms. The first kappa shape index (κ1) is 16.7. The van der Waals surface area contributed by atoms with Crippen molar-refractivity contribution in [1.82, 2.24) is 0 Å². The van der Waals surface area contributed by atoms with Gasteiger partial charge in [-0.25, -0.2) is 0 Å². The molecule has 0 aromatic rings. The Bertz CT molecular complexity index is 263. The summed E-state index contributed by atoms with van der Waals surface area (Å²) >= 11 is 0. The molecule has 4 fully saturated rings. The average molecular weight is 314 g/mol. The van der Waals surface area contributed by atoms with Crippen LogP contribution < -0.4 is 0 Å². The fraction of sp³-hybridized carbons (Fsp3) is 1.00. The zero-order valence-electron chi connectivity index (χ0n) is 13.5. The Morgan fingerprint density at radius 2 is 1.23 bits per heavy atom. The molecule has 4 rings (SSSR count). The predicted molar refractivity (Wildman–Crippen MR) is 81.8 cm³/mol. The summed E-state index contributed by atoms with van der Waals surface area (Å²) in [4.78, 5) is 0. The first-order valence-electron chi connectivity index (χ1n) is 8.94. The van der Waals surface area contributed by atoms with E-state index in [4.69, 9.17) is 23.7 Å². The lowest BCUT2D eigenvalue weighted by Crippen LogP contribution is -2.11. The van der Waals surface area contributed by atoms with Gasteiger partial charge in [-0.05, 0) is 51.4 Å². The van der Waals surface area contributed by atoms with Crippen LogP contribution in [0.4, 0.5) is 0 Å². The summed E-state index contributed by atoms with van der Waals surface area (Å²) in [5, 5.41) is 0. The normalized spacial score (nSPS) is 36.0. The van der Waals surface area contributed by atoms with Gasteiger partial charge in [0.15, 0.2) is 0 Å². The minimum atomic E-state index is 0.349. The van der Waals surface area contributed by atoms with Crippen LogP contribution in [0.3, 0.4) is 0 Å². The van der Waals surface area contributed by atoms with E-state index in [-0.39, 0.29) is 0 Å². The molecule has 128 valence electrons. The van der Waals surface area contributed by atoms with Crippen LogP contribution in [0.15, 0.2) is 0 Å². The molecule has 0 bridgehead atoms. The van der Waals surface area contributed by atoms with Crippen LogP contribution in [0.5, 0.6) is 0 Å². The van der Waals surface area contributed by atoms with Crippen LogP contribution >= 0.6 is 0 Å². The third-order valence-corrected chi connectivity index (χ3v) is 4.62. The van der Waals surface area contributed by atoms with Crippen LogP contribution in [0.2, 0.25) is 0 Å². The maximum atomic E-state index is 5.55. The van der Waals surface area contributed by atoms with Crippen molar-refractivity contribution in [3.8, 4) is 0 Å². The Morgan fingerprint density at radius 1 is 0.636 bits per heavy atom. The van der Waals surface area contributed by atoms with E-state index >= 15 is 0 Å². The summed E-state index contributed by atoms with van der Waals surface area (Å²) < 4.78 is 26.2. The molecule has 4 unspecified atom stereocenters. The van der Waals surface area contributed by atoms with Crippen LogP contribution in [0.1, 0.15) is 51.4 Å². The van der Waals surface area contributed by atoms with Crippen molar-refractivity contribution < 1.29 is 23.7 Å². The van der Waals surface area contributed by atoms with E-state index in [0.717, 1.165) is 32.8 Å². The highest BCUT2D eigenvalue weighted by Crippen LogP contribution is 2.22. The molecule has 0 aliphatic carbocycles.